The Morgan fingerprint density at radius 3 is 2.27 bits per heavy atom. The first kappa shape index (κ1) is 21.7. The quantitative estimate of drug-likeness (QED) is 0.552. The molecule has 3 aromatic rings. The molecule has 0 aliphatic rings. The number of hydrogen-bond donors (Lipinski definition) is 2. The van der Waals surface area contributed by atoms with Crippen molar-refractivity contribution in [1.82, 2.24) is 15.0 Å². The van der Waals surface area contributed by atoms with Crippen LogP contribution in [0.15, 0.2) is 84.0 Å². The molecule has 3 rings (SSSR count). The van der Waals surface area contributed by atoms with Gasteiger partial charge in [0.2, 0.25) is 15.9 Å². The van der Waals surface area contributed by atoms with Crippen molar-refractivity contribution in [2.24, 2.45) is 0 Å². The summed E-state index contributed by atoms with van der Waals surface area (Å²) in [4.78, 5) is 16.2. The molecule has 0 aliphatic heterocycles. The van der Waals surface area contributed by atoms with E-state index >= 15 is 0 Å². The highest BCUT2D eigenvalue weighted by atomic mass is 32.2. The highest BCUT2D eigenvalue weighted by Crippen LogP contribution is 2.17. The molecular formula is C23H25N3O3S. The Balaban J connectivity index is 1.52. The maximum absolute atomic E-state index is 12.6. The fourth-order valence-corrected chi connectivity index (χ4v) is 4.23. The van der Waals surface area contributed by atoms with Crippen LogP contribution in [0.4, 0.5) is 0 Å². The van der Waals surface area contributed by atoms with Crippen molar-refractivity contribution >= 4 is 15.9 Å². The predicted molar refractivity (Wildman–Crippen MR) is 116 cm³/mol. The van der Waals surface area contributed by atoms with E-state index in [9.17, 15) is 13.2 Å². The lowest BCUT2D eigenvalue weighted by Gasteiger charge is -2.15. The van der Waals surface area contributed by atoms with E-state index in [0.29, 0.717) is 19.4 Å². The summed E-state index contributed by atoms with van der Waals surface area (Å²) in [6.07, 6.45) is 4.25. The maximum Gasteiger partial charge on any atom is 0.241 e. The minimum Gasteiger partial charge on any atom is -0.352 e. The fraction of sp³-hybridized carbons (Fsp3) is 0.217. The third kappa shape index (κ3) is 6.23. The van der Waals surface area contributed by atoms with Gasteiger partial charge < -0.3 is 5.32 Å². The number of rotatable bonds is 9. The minimum atomic E-state index is -3.63. The molecule has 1 heterocycles. The lowest BCUT2D eigenvalue weighted by Crippen LogP contribution is -2.26. The van der Waals surface area contributed by atoms with Crippen LogP contribution >= 0.6 is 0 Å². The van der Waals surface area contributed by atoms with Gasteiger partial charge >= 0.3 is 0 Å². The van der Waals surface area contributed by atoms with Crippen molar-refractivity contribution in [3.05, 3.63) is 95.8 Å². The van der Waals surface area contributed by atoms with Gasteiger partial charge in [-0.3, -0.25) is 9.78 Å². The first-order chi connectivity index (χ1) is 14.4. The fourth-order valence-electron chi connectivity index (χ4n) is 2.99. The topological polar surface area (TPSA) is 88.2 Å². The Kier molecular flexibility index (Phi) is 7.32. The number of sulfonamides is 1. The molecule has 7 heteroatoms. The summed E-state index contributed by atoms with van der Waals surface area (Å²) in [6.45, 7) is 2.27. The minimum absolute atomic E-state index is 0.0538. The zero-order chi connectivity index (χ0) is 21.4. The molecule has 1 amide bonds. The van der Waals surface area contributed by atoms with Gasteiger partial charge in [0.15, 0.2) is 0 Å². The van der Waals surface area contributed by atoms with Gasteiger partial charge in [-0.2, -0.15) is 0 Å². The van der Waals surface area contributed by atoms with E-state index in [4.69, 9.17) is 0 Å². The van der Waals surface area contributed by atoms with Gasteiger partial charge in [-0.1, -0.05) is 42.5 Å². The molecule has 0 unspecified atom stereocenters. The van der Waals surface area contributed by atoms with Crippen molar-refractivity contribution in [3.63, 3.8) is 0 Å². The van der Waals surface area contributed by atoms with Crippen LogP contribution in [0, 0.1) is 0 Å². The number of carbonyl (C=O) groups excluding carboxylic acids is 1. The number of aryl methyl sites for hydroxylation is 1. The van der Waals surface area contributed by atoms with Crippen LogP contribution in [0.5, 0.6) is 0 Å². The van der Waals surface area contributed by atoms with E-state index in [1.54, 1.807) is 36.7 Å². The van der Waals surface area contributed by atoms with Crippen LogP contribution in [0.1, 0.15) is 36.1 Å². The molecule has 0 radical (unpaired) electrons. The van der Waals surface area contributed by atoms with Crippen LogP contribution in [0.2, 0.25) is 0 Å². The maximum atomic E-state index is 12.6. The van der Waals surface area contributed by atoms with E-state index in [2.05, 4.69) is 15.0 Å². The second kappa shape index (κ2) is 10.1. The lowest BCUT2D eigenvalue weighted by atomic mass is 10.1. The van der Waals surface area contributed by atoms with Crippen LogP contribution in [-0.2, 0) is 27.8 Å². The first-order valence-corrected chi connectivity index (χ1v) is 11.2. The molecular weight excluding hydrogens is 398 g/mol. The summed E-state index contributed by atoms with van der Waals surface area (Å²) in [6, 6.07) is 19.4. The highest BCUT2D eigenvalue weighted by molar-refractivity contribution is 7.89. The molecule has 0 spiro atoms. The Morgan fingerprint density at radius 2 is 1.60 bits per heavy atom. The van der Waals surface area contributed by atoms with Crippen molar-refractivity contribution < 1.29 is 13.2 Å². The monoisotopic (exact) mass is 423 g/mol. The normalized spacial score (nSPS) is 12.3. The van der Waals surface area contributed by atoms with Crippen molar-refractivity contribution in [3.8, 4) is 0 Å². The number of pyridine rings is 1. The van der Waals surface area contributed by atoms with E-state index in [-0.39, 0.29) is 16.8 Å². The van der Waals surface area contributed by atoms with Gasteiger partial charge in [0.25, 0.3) is 0 Å². The van der Waals surface area contributed by atoms with Gasteiger partial charge in [0, 0.05) is 31.4 Å². The third-order valence-corrected chi connectivity index (χ3v) is 6.30. The van der Waals surface area contributed by atoms with Gasteiger partial charge in [0.05, 0.1) is 4.90 Å². The van der Waals surface area contributed by atoms with Crippen molar-refractivity contribution in [1.29, 1.82) is 0 Å². The van der Waals surface area contributed by atoms with Crippen molar-refractivity contribution in [2.45, 2.75) is 37.2 Å². The lowest BCUT2D eigenvalue weighted by molar-refractivity contribution is -0.121. The number of amides is 1. The molecule has 1 atom stereocenters. The largest absolute Gasteiger partial charge is 0.352 e. The zero-order valence-corrected chi connectivity index (χ0v) is 17.6. The number of aromatic nitrogens is 1. The summed E-state index contributed by atoms with van der Waals surface area (Å²) in [5, 5.41) is 2.87. The average Bonchev–Trinajstić information content (AvgIpc) is 2.77. The number of nitrogens with zero attached hydrogens (tertiary/aromatic N) is 1. The Bertz CT molecular complexity index is 1050. The summed E-state index contributed by atoms with van der Waals surface area (Å²) >= 11 is 0. The molecule has 0 aliphatic carbocycles. The molecule has 0 saturated carbocycles. The number of nitrogens with one attached hydrogen (secondary N) is 2. The summed E-state index contributed by atoms with van der Waals surface area (Å²) in [5.41, 5.74) is 2.80. The van der Waals surface area contributed by atoms with E-state index in [1.165, 1.54) is 0 Å². The van der Waals surface area contributed by atoms with Gasteiger partial charge in [-0.25, -0.2) is 13.1 Å². The van der Waals surface area contributed by atoms with Crippen molar-refractivity contribution in [2.75, 3.05) is 0 Å². The summed E-state index contributed by atoms with van der Waals surface area (Å²) < 4.78 is 28.0. The molecule has 30 heavy (non-hydrogen) atoms. The second-order valence-corrected chi connectivity index (χ2v) is 8.74. The van der Waals surface area contributed by atoms with E-state index in [1.807, 2.05) is 49.4 Å². The second-order valence-electron chi connectivity index (χ2n) is 7.03. The SMILES string of the molecule is C[C@H](NS(=O)(=O)c1ccc(CCC(=O)NCc2ccncc2)cc1)c1ccccc1. The number of hydrogen-bond acceptors (Lipinski definition) is 4. The van der Waals surface area contributed by atoms with E-state index in [0.717, 1.165) is 16.7 Å². The Morgan fingerprint density at radius 1 is 0.933 bits per heavy atom. The van der Waals surface area contributed by atoms with Crippen LogP contribution in [-0.4, -0.2) is 19.3 Å². The third-order valence-electron chi connectivity index (χ3n) is 4.74. The predicted octanol–water partition coefficient (Wildman–Crippen LogP) is 3.37. The van der Waals surface area contributed by atoms with Crippen LogP contribution in [0.25, 0.3) is 0 Å². The summed E-state index contributed by atoms with van der Waals surface area (Å²) in [7, 11) is -3.63. The van der Waals surface area contributed by atoms with Gasteiger partial charge in [0.1, 0.15) is 0 Å². The Labute approximate surface area is 177 Å². The molecule has 0 saturated heterocycles. The summed E-state index contributed by atoms with van der Waals surface area (Å²) in [5.74, 6) is -0.0538. The molecule has 1 aromatic heterocycles. The van der Waals surface area contributed by atoms with Gasteiger partial charge in [-0.15, -0.1) is 0 Å². The zero-order valence-electron chi connectivity index (χ0n) is 16.8. The number of carbonyl (C=O) groups is 1. The highest BCUT2D eigenvalue weighted by Gasteiger charge is 2.18. The molecule has 0 fully saturated rings. The average molecular weight is 424 g/mol. The molecule has 2 aromatic carbocycles. The van der Waals surface area contributed by atoms with E-state index < -0.39 is 10.0 Å². The standard InChI is InChI=1S/C23H25N3O3S/c1-18(21-5-3-2-4-6-21)26-30(28,29)22-10-7-19(8-11-22)9-12-23(27)25-17-20-13-15-24-16-14-20/h2-8,10-11,13-16,18,26H,9,12,17H2,1H3,(H,25,27)/t18-/m0/s1. The first-order valence-electron chi connectivity index (χ1n) is 9.76. The number of benzene rings is 2. The molecule has 156 valence electrons. The smallest absolute Gasteiger partial charge is 0.241 e. The Hall–Kier alpha value is -3.03. The molecule has 2 N–H and O–H groups in total. The molecule has 6 nitrogen and oxygen atoms in total. The van der Waals surface area contributed by atoms with Gasteiger partial charge in [-0.05, 0) is 54.3 Å². The molecule has 0 bridgehead atoms. The van der Waals surface area contributed by atoms with Crippen LogP contribution < -0.4 is 10.0 Å². The van der Waals surface area contributed by atoms with Crippen LogP contribution in [0.3, 0.4) is 0 Å².